The summed E-state index contributed by atoms with van der Waals surface area (Å²) >= 11 is 0. The minimum Gasteiger partial charge on any atom is -0.314 e. The van der Waals surface area contributed by atoms with Gasteiger partial charge < -0.3 is 9.46 Å². The Hall–Kier alpha value is -1.08. The zero-order chi connectivity index (χ0) is 14.4. The van der Waals surface area contributed by atoms with Crippen LogP contribution in [-0.4, -0.2) is 31.7 Å². The van der Waals surface area contributed by atoms with Crippen molar-refractivity contribution in [3.63, 3.8) is 0 Å². The van der Waals surface area contributed by atoms with E-state index in [2.05, 4.69) is 19.0 Å². The van der Waals surface area contributed by atoms with E-state index in [4.69, 9.17) is 0 Å². The first-order valence-corrected chi connectivity index (χ1v) is 8.87. The second kappa shape index (κ2) is 8.38. The average Bonchev–Trinajstić information content (AvgIpc) is 2.48. The first-order chi connectivity index (χ1) is 9.63. The van der Waals surface area contributed by atoms with Crippen LogP contribution in [0, 0.1) is 0 Å². The number of halogens is 1. The van der Waals surface area contributed by atoms with Gasteiger partial charge in [-0.1, -0.05) is 60.7 Å². The molecule has 2 aromatic carbocycles. The average molecular weight is 324 g/mol. The molecule has 21 heavy (non-hydrogen) atoms. The lowest BCUT2D eigenvalue weighted by Gasteiger charge is -2.20. The monoisotopic (exact) mass is 323 g/mol. The van der Waals surface area contributed by atoms with Crippen LogP contribution in [0.1, 0.15) is 6.42 Å². The van der Waals surface area contributed by atoms with E-state index < -0.39 is 7.14 Å². The van der Waals surface area contributed by atoms with Crippen LogP contribution in [0.3, 0.4) is 0 Å². The van der Waals surface area contributed by atoms with Gasteiger partial charge in [0.15, 0.2) is 0 Å². The molecule has 0 heterocycles. The molecule has 0 aliphatic rings. The van der Waals surface area contributed by atoms with E-state index in [1.165, 1.54) is 0 Å². The highest BCUT2D eigenvalue weighted by atomic mass is 35.5. The molecule has 0 spiro atoms. The van der Waals surface area contributed by atoms with Crippen molar-refractivity contribution in [2.75, 3.05) is 26.8 Å². The van der Waals surface area contributed by atoms with E-state index in [-0.39, 0.29) is 12.4 Å². The summed E-state index contributed by atoms with van der Waals surface area (Å²) in [5.74, 6) is 0. The maximum atomic E-state index is 13.6. The summed E-state index contributed by atoms with van der Waals surface area (Å²) in [5, 5.41) is 1.93. The van der Waals surface area contributed by atoms with Gasteiger partial charge in [0.1, 0.15) is 7.14 Å². The van der Waals surface area contributed by atoms with Gasteiger partial charge in [-0.2, -0.15) is 0 Å². The van der Waals surface area contributed by atoms with Crippen molar-refractivity contribution < 1.29 is 4.57 Å². The molecule has 2 nitrogen and oxygen atoms in total. The quantitative estimate of drug-likeness (QED) is 0.760. The highest BCUT2D eigenvalue weighted by molar-refractivity contribution is 7.78. The molecule has 0 fully saturated rings. The zero-order valence-electron chi connectivity index (χ0n) is 12.6. The second-order valence-electron chi connectivity index (χ2n) is 5.29. The smallest absolute Gasteiger partial charge is 0.143 e. The van der Waals surface area contributed by atoms with E-state index in [1.807, 2.05) is 60.7 Å². The summed E-state index contributed by atoms with van der Waals surface area (Å²) in [6.07, 6.45) is 1.66. The van der Waals surface area contributed by atoms with Crippen molar-refractivity contribution >= 4 is 30.2 Å². The molecule has 0 N–H and O–H groups in total. The van der Waals surface area contributed by atoms with Crippen LogP contribution in [0.4, 0.5) is 0 Å². The summed E-state index contributed by atoms with van der Waals surface area (Å²) in [4.78, 5) is 2.14. The molecule has 0 radical (unpaired) electrons. The predicted octanol–water partition coefficient (Wildman–Crippen LogP) is 3.37. The van der Waals surface area contributed by atoms with Gasteiger partial charge in [0, 0.05) is 16.8 Å². The summed E-state index contributed by atoms with van der Waals surface area (Å²) in [6.45, 7) is 0.962. The minimum absolute atomic E-state index is 0. The van der Waals surface area contributed by atoms with Crippen LogP contribution < -0.4 is 10.6 Å². The van der Waals surface area contributed by atoms with Gasteiger partial charge in [-0.05, 0) is 27.1 Å². The van der Waals surface area contributed by atoms with Crippen molar-refractivity contribution in [1.29, 1.82) is 0 Å². The molecular weight excluding hydrogens is 301 g/mol. The van der Waals surface area contributed by atoms with Crippen LogP contribution in [0.15, 0.2) is 60.7 Å². The Balaban J connectivity index is 0.00000220. The lowest BCUT2D eigenvalue weighted by Crippen LogP contribution is -2.21. The lowest BCUT2D eigenvalue weighted by molar-refractivity contribution is 0.408. The van der Waals surface area contributed by atoms with E-state index >= 15 is 0 Å². The van der Waals surface area contributed by atoms with Gasteiger partial charge in [-0.25, -0.2) is 0 Å². The topological polar surface area (TPSA) is 20.3 Å². The fourth-order valence-corrected chi connectivity index (χ4v) is 5.06. The molecule has 0 atom stereocenters. The number of hydrogen-bond donors (Lipinski definition) is 0. The van der Waals surface area contributed by atoms with Crippen molar-refractivity contribution in [1.82, 2.24) is 4.90 Å². The van der Waals surface area contributed by atoms with Gasteiger partial charge in [0.05, 0.1) is 0 Å². The summed E-state index contributed by atoms with van der Waals surface area (Å²) < 4.78 is 13.6. The van der Waals surface area contributed by atoms with Gasteiger partial charge in [-0.15, -0.1) is 12.4 Å². The third-order valence-electron chi connectivity index (χ3n) is 3.42. The molecule has 114 valence electrons. The fraction of sp³-hybridized carbons (Fsp3) is 0.294. The Morgan fingerprint density at radius 1 is 0.857 bits per heavy atom. The van der Waals surface area contributed by atoms with E-state index in [0.717, 1.165) is 29.7 Å². The van der Waals surface area contributed by atoms with Crippen molar-refractivity contribution in [2.24, 2.45) is 0 Å². The Morgan fingerprint density at radius 3 is 1.67 bits per heavy atom. The van der Waals surface area contributed by atoms with Crippen molar-refractivity contribution in [3.05, 3.63) is 60.7 Å². The highest BCUT2D eigenvalue weighted by Gasteiger charge is 2.26. The molecule has 0 bridgehead atoms. The Labute approximate surface area is 134 Å². The number of hydrogen-bond acceptors (Lipinski definition) is 2. The predicted molar refractivity (Wildman–Crippen MR) is 95.0 cm³/mol. The van der Waals surface area contributed by atoms with Crippen LogP contribution in [0.25, 0.3) is 0 Å². The summed E-state index contributed by atoms with van der Waals surface area (Å²) in [6, 6.07) is 19.8. The molecule has 0 aliphatic heterocycles. The number of rotatable bonds is 6. The van der Waals surface area contributed by atoms with Crippen LogP contribution in [0.2, 0.25) is 0 Å². The molecule has 0 amide bonds. The number of benzene rings is 2. The Kier molecular flexibility index (Phi) is 7.17. The minimum atomic E-state index is -2.51. The first kappa shape index (κ1) is 18.0. The molecule has 0 aromatic heterocycles. The van der Waals surface area contributed by atoms with Gasteiger partial charge in [-0.3, -0.25) is 0 Å². The molecule has 4 heteroatoms. The van der Waals surface area contributed by atoms with E-state index in [1.54, 1.807) is 0 Å². The third-order valence-corrected chi connectivity index (χ3v) is 6.64. The van der Waals surface area contributed by atoms with Crippen LogP contribution >= 0.6 is 19.5 Å². The van der Waals surface area contributed by atoms with Gasteiger partial charge in [0.2, 0.25) is 0 Å². The fourth-order valence-electron chi connectivity index (χ4n) is 2.35. The second-order valence-corrected chi connectivity index (χ2v) is 8.25. The zero-order valence-corrected chi connectivity index (χ0v) is 14.3. The standard InChI is InChI=1S/C17H22NOP.ClH/c1-18(2)14-9-15-20(19,16-10-5-3-6-11-16)17-12-7-4-8-13-17;/h3-8,10-13H,9,14-15H2,1-2H3;1H. The molecule has 0 saturated heterocycles. The Morgan fingerprint density at radius 2 is 1.29 bits per heavy atom. The Bertz CT molecular complexity index is 528. The van der Waals surface area contributed by atoms with E-state index in [0.29, 0.717) is 0 Å². The van der Waals surface area contributed by atoms with Crippen molar-refractivity contribution in [3.8, 4) is 0 Å². The molecule has 0 saturated carbocycles. The molecular formula is C17H23ClNOP. The van der Waals surface area contributed by atoms with Crippen molar-refractivity contribution in [2.45, 2.75) is 6.42 Å². The van der Waals surface area contributed by atoms with Gasteiger partial charge >= 0.3 is 0 Å². The normalized spacial score (nSPS) is 11.2. The molecule has 0 unspecified atom stereocenters. The van der Waals surface area contributed by atoms with Gasteiger partial charge in [0.25, 0.3) is 0 Å². The van der Waals surface area contributed by atoms with Crippen LogP contribution in [0.5, 0.6) is 0 Å². The first-order valence-electron chi connectivity index (χ1n) is 6.98. The largest absolute Gasteiger partial charge is 0.314 e. The number of nitrogens with zero attached hydrogens (tertiary/aromatic N) is 1. The molecule has 2 aromatic rings. The highest BCUT2D eigenvalue weighted by Crippen LogP contribution is 2.43. The summed E-state index contributed by atoms with van der Waals surface area (Å²) in [5.41, 5.74) is 0. The maximum Gasteiger partial charge on any atom is 0.143 e. The maximum absolute atomic E-state index is 13.6. The van der Waals surface area contributed by atoms with Crippen LogP contribution in [-0.2, 0) is 4.57 Å². The lowest BCUT2D eigenvalue weighted by atomic mass is 10.4. The molecule has 2 rings (SSSR count). The molecule has 0 aliphatic carbocycles. The third kappa shape index (κ3) is 4.71. The summed E-state index contributed by atoms with van der Waals surface area (Å²) in [7, 11) is 1.60. The SMILES string of the molecule is CN(C)CCCP(=O)(c1ccccc1)c1ccccc1.Cl. The van der Waals surface area contributed by atoms with E-state index in [9.17, 15) is 4.57 Å².